The molecule has 0 radical (unpaired) electrons. The number of hydrogen-bond acceptors (Lipinski definition) is 6. The summed E-state index contributed by atoms with van der Waals surface area (Å²) in [6.45, 7) is 0.279. The topological polar surface area (TPSA) is 137 Å². The molecule has 0 unspecified atom stereocenters. The summed E-state index contributed by atoms with van der Waals surface area (Å²) in [6.07, 6.45) is 2.19. The van der Waals surface area contributed by atoms with Crippen LogP contribution in [0.4, 0.5) is 10.7 Å². The number of carboxylic acids is 1. The average Bonchev–Trinajstić information content (AvgIpc) is 3.27. The van der Waals surface area contributed by atoms with Gasteiger partial charge < -0.3 is 25.4 Å². The Hall–Kier alpha value is -2.79. The predicted molar refractivity (Wildman–Crippen MR) is 109 cm³/mol. The van der Waals surface area contributed by atoms with Gasteiger partial charge >= 0.3 is 12.0 Å². The van der Waals surface area contributed by atoms with Crippen LogP contribution < -0.4 is 15.5 Å². The normalized spacial score (nSPS) is 15.0. The molecule has 29 heavy (non-hydrogen) atoms. The van der Waals surface area contributed by atoms with E-state index in [4.69, 9.17) is 10.2 Å². The molecule has 2 aromatic rings. The molecule has 0 bridgehead atoms. The van der Waals surface area contributed by atoms with Crippen LogP contribution in [0, 0.1) is 0 Å². The van der Waals surface area contributed by atoms with E-state index in [0.717, 1.165) is 11.0 Å². The Kier molecular flexibility index (Phi) is 6.60. The Labute approximate surface area is 171 Å². The zero-order chi connectivity index (χ0) is 21.0. The van der Waals surface area contributed by atoms with Crippen LogP contribution in [0.25, 0.3) is 11.0 Å². The number of aliphatic hydroxyl groups excluding tert-OH is 1. The second kappa shape index (κ2) is 9.14. The van der Waals surface area contributed by atoms with Crippen molar-refractivity contribution in [2.75, 3.05) is 30.1 Å². The van der Waals surface area contributed by atoms with E-state index in [2.05, 4.69) is 15.6 Å². The van der Waals surface area contributed by atoms with Gasteiger partial charge in [-0.05, 0) is 30.6 Å². The highest BCUT2D eigenvalue weighted by Gasteiger charge is 2.32. The molecule has 11 heteroatoms. The van der Waals surface area contributed by atoms with Crippen LogP contribution in [0.5, 0.6) is 0 Å². The third-order valence-corrected chi connectivity index (χ3v) is 5.33. The van der Waals surface area contributed by atoms with Crippen molar-refractivity contribution in [1.82, 2.24) is 20.2 Å². The molecule has 1 aliphatic rings. The number of aliphatic carboxylic acids is 1. The number of nitrogens with one attached hydrogen (secondary N) is 2. The number of urea groups is 1. The van der Waals surface area contributed by atoms with Crippen LogP contribution in [0.1, 0.15) is 6.42 Å². The summed E-state index contributed by atoms with van der Waals surface area (Å²) in [6, 6.07) is 4.75. The van der Waals surface area contributed by atoms with Crippen LogP contribution in [0.3, 0.4) is 0 Å². The summed E-state index contributed by atoms with van der Waals surface area (Å²) in [5.41, 5.74) is 1.71. The fourth-order valence-electron chi connectivity index (χ4n) is 3.17. The molecular weight excluding hydrogens is 398 g/mol. The Morgan fingerprint density at radius 1 is 1.21 bits per heavy atom. The Bertz CT molecular complexity index is 917. The van der Waals surface area contributed by atoms with Gasteiger partial charge in [-0.2, -0.15) is 11.8 Å². The molecule has 4 N–H and O–H groups in total. The Balaban J connectivity index is 1.74. The summed E-state index contributed by atoms with van der Waals surface area (Å²) in [7, 11) is 0. The summed E-state index contributed by atoms with van der Waals surface area (Å²) in [5.74, 6) is -0.898. The fourth-order valence-corrected chi connectivity index (χ4v) is 3.64. The van der Waals surface area contributed by atoms with Crippen LogP contribution in [-0.2, 0) is 16.1 Å². The first-order chi connectivity index (χ1) is 14.0. The fraction of sp³-hybridized carbons (Fsp3) is 0.444. The molecule has 1 aromatic carbocycles. The molecule has 0 fully saturated rings. The molecule has 1 aromatic heterocycles. The van der Waals surface area contributed by atoms with E-state index < -0.39 is 36.6 Å². The molecule has 0 aliphatic carbocycles. The van der Waals surface area contributed by atoms with E-state index in [-0.39, 0.29) is 0 Å². The minimum atomic E-state index is -1.42. The number of amides is 3. The highest BCUT2D eigenvalue weighted by Crippen LogP contribution is 2.27. The number of nitrogens with zero attached hydrogens (tertiary/aromatic N) is 3. The van der Waals surface area contributed by atoms with Gasteiger partial charge in [-0.1, -0.05) is 12.1 Å². The number of para-hydroxylation sites is 2. The van der Waals surface area contributed by atoms with Crippen LogP contribution in [0.2, 0.25) is 0 Å². The lowest BCUT2D eigenvalue weighted by Crippen LogP contribution is -2.55. The standard InChI is InChI=1S/C18H23N5O5S/c1-29-9-6-12(15(25)19-13(10-24)16(26)27)21-18(28)23-8-7-22-14-5-3-2-4-11(14)20-17(22)23/h2-5,12-13,24H,6-10H2,1H3,(H,19,25)(H,21,28)(H,26,27)/t12-,13-/m0/s1. The molecule has 0 saturated heterocycles. The summed E-state index contributed by atoms with van der Waals surface area (Å²) in [4.78, 5) is 42.4. The third-order valence-electron chi connectivity index (χ3n) is 4.69. The largest absolute Gasteiger partial charge is 0.480 e. The molecule has 2 atom stereocenters. The molecule has 3 rings (SSSR count). The molecule has 156 valence electrons. The van der Waals surface area contributed by atoms with Crippen LogP contribution >= 0.6 is 11.8 Å². The van der Waals surface area contributed by atoms with Gasteiger partial charge in [-0.15, -0.1) is 0 Å². The van der Waals surface area contributed by atoms with Crippen molar-refractivity contribution in [2.45, 2.75) is 25.0 Å². The Morgan fingerprint density at radius 3 is 2.66 bits per heavy atom. The number of carboxylic acid groups (broad SMARTS) is 1. The van der Waals surface area contributed by atoms with Gasteiger partial charge in [0.05, 0.1) is 17.6 Å². The zero-order valence-corrected chi connectivity index (χ0v) is 16.7. The SMILES string of the molecule is CSCC[C@H](NC(=O)N1CCn2c1nc1ccccc12)C(=O)N[C@@H](CO)C(=O)O. The second-order valence-corrected chi connectivity index (χ2v) is 7.55. The number of thioether (sulfide) groups is 1. The van der Waals surface area contributed by atoms with E-state index in [1.807, 2.05) is 35.1 Å². The number of aliphatic hydroxyl groups is 1. The first-order valence-corrected chi connectivity index (χ1v) is 10.5. The molecule has 0 spiro atoms. The third kappa shape index (κ3) is 4.46. The van der Waals surface area contributed by atoms with E-state index in [1.54, 1.807) is 0 Å². The van der Waals surface area contributed by atoms with E-state index in [9.17, 15) is 14.4 Å². The van der Waals surface area contributed by atoms with Crippen molar-refractivity contribution in [3.8, 4) is 0 Å². The van der Waals surface area contributed by atoms with Gasteiger partial charge in [0.1, 0.15) is 12.1 Å². The summed E-state index contributed by atoms with van der Waals surface area (Å²) in [5, 5.41) is 23.1. The molecule has 2 heterocycles. The van der Waals surface area contributed by atoms with E-state index in [1.165, 1.54) is 16.7 Å². The van der Waals surface area contributed by atoms with Crippen molar-refractivity contribution in [1.29, 1.82) is 0 Å². The van der Waals surface area contributed by atoms with Gasteiger partial charge in [0.15, 0.2) is 0 Å². The summed E-state index contributed by atoms with van der Waals surface area (Å²) >= 11 is 1.50. The number of carbonyl (C=O) groups is 3. The van der Waals surface area contributed by atoms with Crippen LogP contribution in [0.15, 0.2) is 24.3 Å². The van der Waals surface area contributed by atoms with Crippen molar-refractivity contribution in [2.24, 2.45) is 0 Å². The number of carbonyl (C=O) groups excluding carboxylic acids is 2. The van der Waals surface area contributed by atoms with Crippen molar-refractivity contribution in [3.63, 3.8) is 0 Å². The first kappa shape index (κ1) is 20.9. The maximum absolute atomic E-state index is 12.9. The molecular formula is C18H23N5O5S. The highest BCUT2D eigenvalue weighted by molar-refractivity contribution is 7.98. The minimum Gasteiger partial charge on any atom is -0.480 e. The van der Waals surface area contributed by atoms with Gasteiger partial charge in [0.2, 0.25) is 11.9 Å². The lowest BCUT2D eigenvalue weighted by Gasteiger charge is -2.23. The van der Waals surface area contributed by atoms with E-state index in [0.29, 0.717) is 31.2 Å². The average molecular weight is 421 g/mol. The summed E-state index contributed by atoms with van der Waals surface area (Å²) < 4.78 is 1.94. The monoisotopic (exact) mass is 421 g/mol. The number of anilines is 1. The number of rotatable bonds is 8. The first-order valence-electron chi connectivity index (χ1n) is 9.12. The number of fused-ring (bicyclic) bond motifs is 3. The zero-order valence-electron chi connectivity index (χ0n) is 15.9. The number of hydrogen-bond donors (Lipinski definition) is 4. The molecule has 0 saturated carbocycles. The molecule has 3 amide bonds. The lowest BCUT2D eigenvalue weighted by atomic mass is 10.2. The van der Waals surface area contributed by atoms with Gasteiger partial charge in [-0.3, -0.25) is 9.69 Å². The van der Waals surface area contributed by atoms with Crippen LogP contribution in [-0.4, -0.2) is 74.9 Å². The lowest BCUT2D eigenvalue weighted by molar-refractivity contribution is -0.143. The van der Waals surface area contributed by atoms with Crippen molar-refractivity contribution in [3.05, 3.63) is 24.3 Å². The number of aromatic nitrogens is 2. The van der Waals surface area contributed by atoms with Gasteiger partial charge in [0.25, 0.3) is 0 Å². The smallest absolute Gasteiger partial charge is 0.328 e. The van der Waals surface area contributed by atoms with Crippen molar-refractivity contribution < 1.29 is 24.6 Å². The molecule has 10 nitrogen and oxygen atoms in total. The highest BCUT2D eigenvalue weighted by atomic mass is 32.2. The Morgan fingerprint density at radius 2 is 1.97 bits per heavy atom. The maximum Gasteiger partial charge on any atom is 0.328 e. The number of imidazole rings is 1. The second-order valence-electron chi connectivity index (χ2n) is 6.57. The van der Waals surface area contributed by atoms with Gasteiger partial charge in [-0.25, -0.2) is 14.6 Å². The quantitative estimate of drug-likeness (QED) is 0.479. The van der Waals surface area contributed by atoms with E-state index >= 15 is 0 Å². The molecule has 1 aliphatic heterocycles. The maximum atomic E-state index is 12.9. The van der Waals surface area contributed by atoms with Crippen molar-refractivity contribution >= 4 is 46.7 Å². The van der Waals surface area contributed by atoms with Gasteiger partial charge in [0, 0.05) is 13.1 Å². The minimum absolute atomic E-state index is 0.320. The number of benzene rings is 1. The predicted octanol–water partition coefficient (Wildman–Crippen LogP) is 0.249.